The van der Waals surface area contributed by atoms with Crippen molar-refractivity contribution in [3.63, 3.8) is 0 Å². The number of hydrogen-bond acceptors (Lipinski definition) is 2. The maximum absolute atomic E-state index is 12.9. The maximum Gasteiger partial charge on any atom is 0.226 e. The molecule has 1 aromatic carbocycles. The van der Waals surface area contributed by atoms with Crippen molar-refractivity contribution in [2.45, 2.75) is 39.8 Å². The Morgan fingerprint density at radius 2 is 1.92 bits per heavy atom. The SMILES string of the molecule is CCN(Cc1ccccc1)C(=O)C1CC[NH+](Cc2sccc2C)CC1. The first-order valence-corrected chi connectivity index (χ1v) is 10.2. The highest BCUT2D eigenvalue weighted by Gasteiger charge is 2.30. The van der Waals surface area contributed by atoms with Gasteiger partial charge in [-0.1, -0.05) is 30.3 Å². The molecule has 0 aliphatic carbocycles. The molecule has 0 unspecified atom stereocenters. The Balaban J connectivity index is 1.52. The van der Waals surface area contributed by atoms with Crippen LogP contribution < -0.4 is 4.90 Å². The van der Waals surface area contributed by atoms with Crippen LogP contribution in [0.3, 0.4) is 0 Å². The summed E-state index contributed by atoms with van der Waals surface area (Å²) in [5.41, 5.74) is 2.63. The second-order valence-electron chi connectivity index (χ2n) is 7.07. The second kappa shape index (κ2) is 8.63. The van der Waals surface area contributed by atoms with Crippen molar-refractivity contribution < 1.29 is 9.69 Å². The van der Waals surface area contributed by atoms with Gasteiger partial charge in [0.1, 0.15) is 6.54 Å². The molecule has 25 heavy (non-hydrogen) atoms. The van der Waals surface area contributed by atoms with E-state index >= 15 is 0 Å². The zero-order valence-electron chi connectivity index (χ0n) is 15.3. The molecule has 1 saturated heterocycles. The van der Waals surface area contributed by atoms with E-state index in [2.05, 4.69) is 37.4 Å². The number of aryl methyl sites for hydroxylation is 1. The van der Waals surface area contributed by atoms with Crippen LogP contribution in [0, 0.1) is 12.8 Å². The third-order valence-electron chi connectivity index (χ3n) is 5.33. The molecule has 134 valence electrons. The Morgan fingerprint density at radius 1 is 1.20 bits per heavy atom. The lowest BCUT2D eigenvalue weighted by Gasteiger charge is -2.32. The first-order chi connectivity index (χ1) is 12.2. The molecule has 0 radical (unpaired) electrons. The van der Waals surface area contributed by atoms with Crippen molar-refractivity contribution >= 4 is 17.2 Å². The number of piperidine rings is 1. The molecule has 0 spiro atoms. The normalized spacial score (nSPS) is 20.4. The number of nitrogens with zero attached hydrogens (tertiary/aromatic N) is 1. The number of carbonyl (C=O) groups excluding carboxylic acids is 1. The fraction of sp³-hybridized carbons (Fsp3) is 0.476. The molecule has 1 fully saturated rings. The Kier molecular flexibility index (Phi) is 6.27. The summed E-state index contributed by atoms with van der Waals surface area (Å²) in [6, 6.07) is 12.5. The minimum atomic E-state index is 0.205. The lowest BCUT2D eigenvalue weighted by molar-refractivity contribution is -0.919. The number of nitrogens with one attached hydrogen (secondary N) is 1. The summed E-state index contributed by atoms with van der Waals surface area (Å²) in [7, 11) is 0. The van der Waals surface area contributed by atoms with Gasteiger partial charge in [-0.15, -0.1) is 11.3 Å². The summed E-state index contributed by atoms with van der Waals surface area (Å²) in [6.45, 7) is 9.14. The van der Waals surface area contributed by atoms with E-state index in [4.69, 9.17) is 0 Å². The molecule has 1 amide bonds. The molecule has 3 nitrogen and oxygen atoms in total. The average molecular weight is 358 g/mol. The van der Waals surface area contributed by atoms with Crippen molar-refractivity contribution in [3.8, 4) is 0 Å². The van der Waals surface area contributed by atoms with E-state index in [9.17, 15) is 4.79 Å². The highest BCUT2D eigenvalue weighted by atomic mass is 32.1. The van der Waals surface area contributed by atoms with Crippen LogP contribution in [0.25, 0.3) is 0 Å². The average Bonchev–Trinajstić information content (AvgIpc) is 3.05. The number of benzene rings is 1. The van der Waals surface area contributed by atoms with Crippen LogP contribution in [0.15, 0.2) is 41.8 Å². The molecule has 2 aromatic rings. The number of quaternary nitrogens is 1. The number of hydrogen-bond donors (Lipinski definition) is 1. The Labute approximate surface area is 155 Å². The van der Waals surface area contributed by atoms with Crippen LogP contribution in [-0.4, -0.2) is 30.4 Å². The van der Waals surface area contributed by atoms with Crippen molar-refractivity contribution in [1.82, 2.24) is 4.90 Å². The first-order valence-electron chi connectivity index (χ1n) is 9.36. The van der Waals surface area contributed by atoms with Crippen molar-refractivity contribution in [2.24, 2.45) is 5.92 Å². The molecule has 0 bridgehead atoms. The lowest BCUT2D eigenvalue weighted by Crippen LogP contribution is -3.11. The van der Waals surface area contributed by atoms with Crippen LogP contribution in [-0.2, 0) is 17.9 Å². The first kappa shape index (κ1) is 18.2. The Bertz CT molecular complexity index is 674. The molecule has 1 aromatic heterocycles. The molecule has 1 N–H and O–H groups in total. The summed E-state index contributed by atoms with van der Waals surface area (Å²) in [6.07, 6.45) is 2.04. The third kappa shape index (κ3) is 4.71. The van der Waals surface area contributed by atoms with Gasteiger partial charge >= 0.3 is 0 Å². The summed E-state index contributed by atoms with van der Waals surface area (Å²) in [5, 5.41) is 2.18. The van der Waals surface area contributed by atoms with E-state index in [1.807, 2.05) is 34.4 Å². The monoisotopic (exact) mass is 357 g/mol. The summed E-state index contributed by atoms with van der Waals surface area (Å²) >= 11 is 1.86. The van der Waals surface area contributed by atoms with Gasteiger partial charge in [0.15, 0.2) is 0 Å². The highest BCUT2D eigenvalue weighted by molar-refractivity contribution is 7.10. The van der Waals surface area contributed by atoms with E-state index in [-0.39, 0.29) is 5.92 Å². The summed E-state index contributed by atoms with van der Waals surface area (Å²) in [5.74, 6) is 0.551. The summed E-state index contributed by atoms with van der Waals surface area (Å²) < 4.78 is 0. The van der Waals surface area contributed by atoms with Crippen LogP contribution >= 0.6 is 11.3 Å². The third-order valence-corrected chi connectivity index (χ3v) is 6.35. The minimum absolute atomic E-state index is 0.205. The van der Waals surface area contributed by atoms with Gasteiger partial charge in [-0.25, -0.2) is 0 Å². The van der Waals surface area contributed by atoms with E-state index < -0.39 is 0 Å². The standard InChI is InChI=1S/C21H28N2OS/c1-3-23(15-18-7-5-4-6-8-18)21(24)19-9-12-22(13-10-19)16-20-17(2)11-14-25-20/h4-8,11,14,19H,3,9-10,12-13,15-16H2,1-2H3/p+1. The molecule has 3 rings (SSSR count). The van der Waals surface area contributed by atoms with Gasteiger partial charge in [-0.3, -0.25) is 4.79 Å². The number of amides is 1. The Hall–Kier alpha value is -1.65. The van der Waals surface area contributed by atoms with Crippen LogP contribution in [0.1, 0.15) is 35.8 Å². The fourth-order valence-electron chi connectivity index (χ4n) is 3.67. The van der Waals surface area contributed by atoms with E-state index in [1.54, 1.807) is 4.90 Å². The number of likely N-dealkylation sites (tertiary alicyclic amines) is 1. The highest BCUT2D eigenvalue weighted by Crippen LogP contribution is 2.18. The molecule has 4 heteroatoms. The van der Waals surface area contributed by atoms with Crippen LogP contribution in [0.4, 0.5) is 0 Å². The largest absolute Gasteiger partial charge is 0.338 e. The predicted octanol–water partition coefficient (Wildman–Crippen LogP) is 2.90. The number of carbonyl (C=O) groups is 1. The van der Waals surface area contributed by atoms with E-state index in [0.29, 0.717) is 5.91 Å². The molecule has 0 atom stereocenters. The van der Waals surface area contributed by atoms with Gasteiger partial charge in [0.05, 0.1) is 18.0 Å². The van der Waals surface area contributed by atoms with Gasteiger partial charge in [0.25, 0.3) is 0 Å². The van der Waals surface area contributed by atoms with Gasteiger partial charge < -0.3 is 9.80 Å². The zero-order chi connectivity index (χ0) is 17.6. The van der Waals surface area contributed by atoms with E-state index in [1.165, 1.54) is 16.0 Å². The Morgan fingerprint density at radius 3 is 2.52 bits per heavy atom. The fourth-order valence-corrected chi connectivity index (χ4v) is 4.65. The van der Waals surface area contributed by atoms with Crippen LogP contribution in [0.2, 0.25) is 0 Å². The molecular weight excluding hydrogens is 328 g/mol. The number of thiophene rings is 1. The predicted molar refractivity (Wildman–Crippen MR) is 104 cm³/mol. The molecule has 0 saturated carbocycles. The van der Waals surface area contributed by atoms with Crippen molar-refractivity contribution in [1.29, 1.82) is 0 Å². The number of rotatable bonds is 6. The summed E-state index contributed by atoms with van der Waals surface area (Å²) in [4.78, 5) is 18.1. The molecular formula is C21H29N2OS+. The smallest absolute Gasteiger partial charge is 0.226 e. The lowest BCUT2D eigenvalue weighted by atomic mass is 9.95. The zero-order valence-corrected chi connectivity index (χ0v) is 16.1. The van der Waals surface area contributed by atoms with Gasteiger partial charge in [0, 0.05) is 31.8 Å². The van der Waals surface area contributed by atoms with Crippen LogP contribution in [0.5, 0.6) is 0 Å². The molecule has 2 heterocycles. The van der Waals surface area contributed by atoms with Gasteiger partial charge in [-0.2, -0.15) is 0 Å². The van der Waals surface area contributed by atoms with Gasteiger partial charge in [-0.05, 0) is 36.4 Å². The van der Waals surface area contributed by atoms with E-state index in [0.717, 1.165) is 45.6 Å². The van der Waals surface area contributed by atoms with Crippen molar-refractivity contribution in [2.75, 3.05) is 19.6 Å². The second-order valence-corrected chi connectivity index (χ2v) is 8.07. The molecule has 1 aliphatic heterocycles. The van der Waals surface area contributed by atoms with Crippen molar-refractivity contribution in [3.05, 3.63) is 57.8 Å². The minimum Gasteiger partial charge on any atom is -0.338 e. The molecule has 1 aliphatic rings. The maximum atomic E-state index is 12.9. The topological polar surface area (TPSA) is 24.8 Å². The van der Waals surface area contributed by atoms with Gasteiger partial charge in [0.2, 0.25) is 5.91 Å². The quantitative estimate of drug-likeness (QED) is 0.845.